The normalized spacial score (nSPS) is 11.0. The zero-order valence-electron chi connectivity index (χ0n) is 16.6. The molecule has 154 valence electrons. The molecule has 0 fully saturated rings. The zero-order valence-corrected chi connectivity index (χ0v) is 17.4. The van der Waals surface area contributed by atoms with E-state index in [1.165, 1.54) is 23.4 Å². The molecule has 0 spiro atoms. The van der Waals surface area contributed by atoms with Crippen LogP contribution in [-0.2, 0) is 11.8 Å². The molecule has 2 aromatic heterocycles. The van der Waals surface area contributed by atoms with Crippen LogP contribution in [0.4, 0.5) is 5.69 Å². The van der Waals surface area contributed by atoms with Crippen LogP contribution in [0.25, 0.3) is 22.1 Å². The summed E-state index contributed by atoms with van der Waals surface area (Å²) >= 11 is 1.18. The fourth-order valence-corrected chi connectivity index (χ4v) is 3.83. The minimum atomic E-state index is -0.293. The summed E-state index contributed by atoms with van der Waals surface area (Å²) in [6, 6.07) is 12.5. The molecule has 9 heteroatoms. The number of hydrogen-bond acceptors (Lipinski definition) is 7. The fourth-order valence-electron chi connectivity index (χ4n) is 3.07. The number of benzene rings is 2. The Kier molecular flexibility index (Phi) is 5.37. The molecular formula is C21H19N3O5S. The van der Waals surface area contributed by atoms with Crippen molar-refractivity contribution in [2.45, 2.75) is 5.16 Å². The van der Waals surface area contributed by atoms with Crippen LogP contribution < -0.4 is 20.3 Å². The molecule has 0 atom stereocenters. The number of thioether (sulfide) groups is 1. The van der Waals surface area contributed by atoms with Gasteiger partial charge < -0.3 is 19.2 Å². The Morgan fingerprint density at radius 1 is 1.17 bits per heavy atom. The minimum absolute atomic E-state index is 0.0793. The van der Waals surface area contributed by atoms with E-state index in [0.29, 0.717) is 33.4 Å². The molecule has 2 aromatic carbocycles. The van der Waals surface area contributed by atoms with E-state index in [2.05, 4.69) is 10.3 Å². The predicted octanol–water partition coefficient (Wildman–Crippen LogP) is 3.43. The Morgan fingerprint density at radius 3 is 2.70 bits per heavy atom. The highest BCUT2D eigenvalue weighted by atomic mass is 32.2. The molecule has 4 aromatic rings. The van der Waals surface area contributed by atoms with E-state index in [1.807, 2.05) is 18.2 Å². The van der Waals surface area contributed by atoms with Crippen molar-refractivity contribution < 1.29 is 18.7 Å². The number of fused-ring (bicyclic) bond motifs is 3. The van der Waals surface area contributed by atoms with Gasteiger partial charge in [-0.1, -0.05) is 23.9 Å². The number of nitrogens with one attached hydrogen (secondary N) is 1. The second-order valence-corrected chi connectivity index (χ2v) is 7.38. The van der Waals surface area contributed by atoms with E-state index in [4.69, 9.17) is 13.9 Å². The van der Waals surface area contributed by atoms with Gasteiger partial charge >= 0.3 is 0 Å². The molecule has 8 nitrogen and oxygen atoms in total. The molecule has 0 saturated heterocycles. The number of anilines is 1. The number of methoxy groups -OCH3 is 2. The Morgan fingerprint density at radius 2 is 1.93 bits per heavy atom. The number of nitrogens with zero attached hydrogens (tertiary/aromatic N) is 2. The van der Waals surface area contributed by atoms with Gasteiger partial charge in [0.2, 0.25) is 11.5 Å². The molecule has 0 aliphatic carbocycles. The number of carbonyl (C=O) groups excluding carboxylic acids is 1. The smallest absolute Gasteiger partial charge is 0.297 e. The largest absolute Gasteiger partial charge is 0.493 e. The number of para-hydroxylation sites is 1. The lowest BCUT2D eigenvalue weighted by molar-refractivity contribution is -0.113. The van der Waals surface area contributed by atoms with Gasteiger partial charge in [-0.15, -0.1) is 0 Å². The van der Waals surface area contributed by atoms with Gasteiger partial charge in [0, 0.05) is 24.2 Å². The molecule has 0 saturated carbocycles. The number of amides is 1. The first-order valence-electron chi connectivity index (χ1n) is 9.04. The number of aromatic nitrogens is 2. The van der Waals surface area contributed by atoms with Gasteiger partial charge in [0.1, 0.15) is 11.1 Å². The summed E-state index contributed by atoms with van der Waals surface area (Å²) in [5.41, 5.74) is 1.59. The standard InChI is InChI=1S/C21H19N3O5S/c1-24-20(26)19-18(13-6-4-5-7-14(13)29-19)23-21(24)30-11-17(25)22-12-8-9-15(27-2)16(10-12)28-3/h4-10H,11H2,1-3H3,(H,22,25). The maximum atomic E-state index is 12.7. The van der Waals surface area contributed by atoms with E-state index in [0.717, 1.165) is 5.39 Å². The third kappa shape index (κ3) is 3.59. The van der Waals surface area contributed by atoms with Crippen molar-refractivity contribution in [3.8, 4) is 11.5 Å². The second-order valence-electron chi connectivity index (χ2n) is 6.44. The van der Waals surface area contributed by atoms with Crippen LogP contribution in [0.15, 0.2) is 56.8 Å². The van der Waals surface area contributed by atoms with Gasteiger partial charge in [-0.3, -0.25) is 14.2 Å². The van der Waals surface area contributed by atoms with Crippen LogP contribution in [0.2, 0.25) is 0 Å². The highest BCUT2D eigenvalue weighted by Gasteiger charge is 2.17. The molecule has 0 unspecified atom stereocenters. The summed E-state index contributed by atoms with van der Waals surface area (Å²) < 4.78 is 17.5. The first-order chi connectivity index (χ1) is 14.5. The van der Waals surface area contributed by atoms with E-state index >= 15 is 0 Å². The molecular weight excluding hydrogens is 406 g/mol. The summed E-state index contributed by atoms with van der Waals surface area (Å²) in [6.45, 7) is 0. The molecule has 2 heterocycles. The van der Waals surface area contributed by atoms with E-state index in [9.17, 15) is 9.59 Å². The van der Waals surface area contributed by atoms with E-state index in [1.54, 1.807) is 38.4 Å². The van der Waals surface area contributed by atoms with Crippen molar-refractivity contribution >= 4 is 45.4 Å². The van der Waals surface area contributed by atoms with Crippen LogP contribution in [0.3, 0.4) is 0 Å². The van der Waals surface area contributed by atoms with Gasteiger partial charge in [-0.05, 0) is 24.3 Å². The highest BCUT2D eigenvalue weighted by Crippen LogP contribution is 2.30. The average Bonchev–Trinajstić information content (AvgIpc) is 3.14. The Labute approximate surface area is 175 Å². The second kappa shape index (κ2) is 8.11. The molecule has 0 bridgehead atoms. The first kappa shape index (κ1) is 19.8. The van der Waals surface area contributed by atoms with Crippen molar-refractivity contribution in [1.29, 1.82) is 0 Å². The first-order valence-corrected chi connectivity index (χ1v) is 10.0. The SMILES string of the molecule is COc1ccc(NC(=O)CSc2nc3c(oc4ccccc43)c(=O)n2C)cc1OC. The quantitative estimate of drug-likeness (QED) is 0.373. The Balaban J connectivity index is 1.55. The zero-order chi connectivity index (χ0) is 21.3. The molecule has 0 aliphatic heterocycles. The number of rotatable bonds is 6. The third-order valence-electron chi connectivity index (χ3n) is 4.56. The van der Waals surface area contributed by atoms with Gasteiger partial charge in [0.25, 0.3) is 5.56 Å². The van der Waals surface area contributed by atoms with Crippen molar-refractivity contribution in [3.63, 3.8) is 0 Å². The number of ether oxygens (including phenoxy) is 2. The summed E-state index contributed by atoms with van der Waals surface area (Å²) in [4.78, 5) is 29.7. The van der Waals surface area contributed by atoms with Crippen LogP contribution in [0.5, 0.6) is 11.5 Å². The van der Waals surface area contributed by atoms with Gasteiger partial charge in [-0.2, -0.15) is 0 Å². The predicted molar refractivity (Wildman–Crippen MR) is 116 cm³/mol. The average molecular weight is 425 g/mol. The molecule has 30 heavy (non-hydrogen) atoms. The van der Waals surface area contributed by atoms with Crippen LogP contribution in [0, 0.1) is 0 Å². The van der Waals surface area contributed by atoms with E-state index in [-0.39, 0.29) is 22.8 Å². The summed E-state index contributed by atoms with van der Waals surface area (Å²) in [7, 11) is 4.68. The Bertz CT molecular complexity index is 1310. The maximum absolute atomic E-state index is 12.7. The number of furan rings is 1. The maximum Gasteiger partial charge on any atom is 0.297 e. The fraction of sp³-hybridized carbons (Fsp3) is 0.190. The van der Waals surface area contributed by atoms with Crippen molar-refractivity contribution in [3.05, 3.63) is 52.8 Å². The third-order valence-corrected chi connectivity index (χ3v) is 5.59. The summed E-state index contributed by atoms with van der Waals surface area (Å²) in [6.07, 6.45) is 0. The van der Waals surface area contributed by atoms with Gasteiger partial charge in [0.15, 0.2) is 16.7 Å². The topological polar surface area (TPSA) is 95.6 Å². The monoisotopic (exact) mass is 425 g/mol. The lowest BCUT2D eigenvalue weighted by Crippen LogP contribution is -2.21. The molecule has 4 rings (SSSR count). The van der Waals surface area contributed by atoms with Crippen LogP contribution in [0.1, 0.15) is 0 Å². The van der Waals surface area contributed by atoms with Crippen molar-refractivity contribution in [2.75, 3.05) is 25.3 Å². The summed E-state index contributed by atoms with van der Waals surface area (Å²) in [5.74, 6) is 0.934. The lowest BCUT2D eigenvalue weighted by Gasteiger charge is -2.11. The molecule has 1 amide bonds. The van der Waals surface area contributed by atoms with Gasteiger partial charge in [-0.25, -0.2) is 4.98 Å². The minimum Gasteiger partial charge on any atom is -0.493 e. The van der Waals surface area contributed by atoms with E-state index < -0.39 is 0 Å². The van der Waals surface area contributed by atoms with Crippen molar-refractivity contribution in [1.82, 2.24) is 9.55 Å². The molecule has 0 radical (unpaired) electrons. The molecule has 0 aliphatic rings. The van der Waals surface area contributed by atoms with Crippen molar-refractivity contribution in [2.24, 2.45) is 7.05 Å². The van der Waals surface area contributed by atoms with Gasteiger partial charge in [0.05, 0.1) is 20.0 Å². The van der Waals surface area contributed by atoms with Crippen LogP contribution >= 0.6 is 11.8 Å². The number of carbonyl (C=O) groups is 1. The lowest BCUT2D eigenvalue weighted by atomic mass is 10.2. The number of hydrogen-bond donors (Lipinski definition) is 1. The molecule has 1 N–H and O–H groups in total. The Hall–Kier alpha value is -3.46. The highest BCUT2D eigenvalue weighted by molar-refractivity contribution is 7.99. The summed E-state index contributed by atoms with van der Waals surface area (Å²) in [5, 5.41) is 4.00. The van der Waals surface area contributed by atoms with Crippen LogP contribution in [-0.4, -0.2) is 35.4 Å².